The quantitative estimate of drug-likeness (QED) is 0.775. The SMILES string of the molecule is CN(C1CCCCC1)S(=O)(=O)c1ccc(Cl)c(C(=O)NC[C@@H]2CCCO2)c1. The van der Waals surface area contributed by atoms with Gasteiger partial charge in [0.1, 0.15) is 0 Å². The monoisotopic (exact) mass is 414 g/mol. The first-order chi connectivity index (χ1) is 12.9. The summed E-state index contributed by atoms with van der Waals surface area (Å²) in [5.74, 6) is -0.382. The number of amides is 1. The van der Waals surface area contributed by atoms with E-state index in [1.807, 2.05) is 0 Å². The second-order valence-corrected chi connectivity index (χ2v) is 9.70. The lowest BCUT2D eigenvalue weighted by Crippen LogP contribution is -2.38. The Labute approximate surface area is 166 Å². The summed E-state index contributed by atoms with van der Waals surface area (Å²) in [7, 11) is -2.05. The summed E-state index contributed by atoms with van der Waals surface area (Å²) in [5, 5.41) is 3.03. The minimum Gasteiger partial charge on any atom is -0.376 e. The van der Waals surface area contributed by atoms with Crippen LogP contribution in [0.4, 0.5) is 0 Å². The zero-order valence-electron chi connectivity index (χ0n) is 15.6. The van der Waals surface area contributed by atoms with Crippen molar-refractivity contribution in [2.45, 2.75) is 62.0 Å². The zero-order chi connectivity index (χ0) is 19.4. The highest BCUT2D eigenvalue weighted by atomic mass is 35.5. The van der Waals surface area contributed by atoms with Gasteiger partial charge >= 0.3 is 0 Å². The number of sulfonamides is 1. The Bertz CT molecular complexity index is 772. The van der Waals surface area contributed by atoms with Crippen LogP contribution >= 0.6 is 11.6 Å². The summed E-state index contributed by atoms with van der Waals surface area (Å²) in [4.78, 5) is 12.6. The Hall–Kier alpha value is -1.15. The summed E-state index contributed by atoms with van der Waals surface area (Å²) in [6.07, 6.45) is 6.90. The first-order valence-electron chi connectivity index (χ1n) is 9.57. The van der Waals surface area contributed by atoms with Crippen LogP contribution in [0.2, 0.25) is 5.02 Å². The molecule has 0 unspecified atom stereocenters. The molecule has 6 nitrogen and oxygen atoms in total. The normalized spacial score (nSPS) is 21.5. The number of ether oxygens (including phenoxy) is 1. The number of nitrogens with zero attached hydrogens (tertiary/aromatic N) is 1. The first kappa shape index (κ1) is 20.6. The van der Waals surface area contributed by atoms with Gasteiger partial charge in [-0.2, -0.15) is 4.31 Å². The van der Waals surface area contributed by atoms with E-state index in [2.05, 4.69) is 5.32 Å². The van der Waals surface area contributed by atoms with E-state index in [4.69, 9.17) is 16.3 Å². The van der Waals surface area contributed by atoms with Crippen molar-refractivity contribution in [2.24, 2.45) is 0 Å². The molecule has 150 valence electrons. The highest BCUT2D eigenvalue weighted by Gasteiger charge is 2.30. The molecule has 2 fully saturated rings. The molecule has 1 heterocycles. The molecule has 1 aliphatic carbocycles. The zero-order valence-corrected chi connectivity index (χ0v) is 17.2. The molecule has 1 atom stereocenters. The van der Waals surface area contributed by atoms with Crippen molar-refractivity contribution >= 4 is 27.5 Å². The number of halogens is 1. The van der Waals surface area contributed by atoms with Crippen LogP contribution in [-0.2, 0) is 14.8 Å². The molecular formula is C19H27ClN2O4S. The Morgan fingerprint density at radius 1 is 1.22 bits per heavy atom. The molecule has 27 heavy (non-hydrogen) atoms. The lowest BCUT2D eigenvalue weighted by Gasteiger charge is -2.30. The van der Waals surface area contributed by atoms with E-state index >= 15 is 0 Å². The van der Waals surface area contributed by atoms with Gasteiger partial charge < -0.3 is 10.1 Å². The van der Waals surface area contributed by atoms with Crippen molar-refractivity contribution in [1.82, 2.24) is 9.62 Å². The number of benzene rings is 1. The summed E-state index contributed by atoms with van der Waals surface area (Å²) in [6.45, 7) is 1.11. The maximum atomic E-state index is 13.0. The number of carbonyl (C=O) groups excluding carboxylic acids is 1. The molecule has 0 spiro atoms. The Morgan fingerprint density at radius 3 is 2.63 bits per heavy atom. The van der Waals surface area contributed by atoms with Gasteiger partial charge in [0.15, 0.2) is 0 Å². The van der Waals surface area contributed by atoms with Crippen molar-refractivity contribution in [3.63, 3.8) is 0 Å². The molecule has 1 amide bonds. The predicted octanol–water partition coefficient (Wildman–Crippen LogP) is 3.20. The van der Waals surface area contributed by atoms with Crippen molar-refractivity contribution in [3.05, 3.63) is 28.8 Å². The number of hydrogen-bond donors (Lipinski definition) is 1. The molecular weight excluding hydrogens is 388 g/mol. The van der Waals surface area contributed by atoms with Gasteiger partial charge in [0.25, 0.3) is 5.91 Å². The third-order valence-corrected chi connectivity index (χ3v) is 7.70. The molecule has 0 bridgehead atoms. The van der Waals surface area contributed by atoms with Gasteiger partial charge in [0, 0.05) is 26.2 Å². The lowest BCUT2D eigenvalue weighted by molar-refractivity contribution is 0.0857. The minimum absolute atomic E-state index is 0.0104. The fraction of sp³-hybridized carbons (Fsp3) is 0.632. The Balaban J connectivity index is 1.75. The van der Waals surface area contributed by atoms with Gasteiger partial charge in [-0.3, -0.25) is 4.79 Å². The Morgan fingerprint density at radius 2 is 1.96 bits per heavy atom. The molecule has 3 rings (SSSR count). The van der Waals surface area contributed by atoms with E-state index in [9.17, 15) is 13.2 Å². The van der Waals surface area contributed by atoms with Gasteiger partial charge in [-0.05, 0) is 43.9 Å². The molecule has 1 saturated carbocycles. The van der Waals surface area contributed by atoms with E-state index in [1.54, 1.807) is 7.05 Å². The van der Waals surface area contributed by atoms with Gasteiger partial charge in [-0.15, -0.1) is 0 Å². The summed E-state index contributed by atoms with van der Waals surface area (Å²) in [6, 6.07) is 4.33. The molecule has 8 heteroatoms. The van der Waals surface area contributed by atoms with Crippen LogP contribution in [0.1, 0.15) is 55.3 Å². The summed E-state index contributed by atoms with van der Waals surface area (Å²) in [5.41, 5.74) is 0.174. The molecule has 1 saturated heterocycles. The lowest BCUT2D eigenvalue weighted by atomic mass is 9.96. The fourth-order valence-electron chi connectivity index (χ4n) is 3.75. The summed E-state index contributed by atoms with van der Waals surface area (Å²) >= 11 is 6.16. The molecule has 1 aromatic carbocycles. The van der Waals surface area contributed by atoms with Crippen molar-refractivity contribution in [2.75, 3.05) is 20.2 Å². The highest BCUT2D eigenvalue weighted by Crippen LogP contribution is 2.28. The van der Waals surface area contributed by atoms with Gasteiger partial charge in [-0.1, -0.05) is 30.9 Å². The van der Waals surface area contributed by atoms with Gasteiger partial charge in [-0.25, -0.2) is 8.42 Å². The van der Waals surface area contributed by atoms with Crippen LogP contribution in [0.3, 0.4) is 0 Å². The summed E-state index contributed by atoms with van der Waals surface area (Å²) < 4.78 is 33.0. The average Bonchev–Trinajstić information content (AvgIpc) is 3.20. The largest absolute Gasteiger partial charge is 0.376 e. The second-order valence-electron chi connectivity index (χ2n) is 7.30. The molecule has 0 aromatic heterocycles. The van der Waals surface area contributed by atoms with E-state index < -0.39 is 10.0 Å². The minimum atomic E-state index is -3.67. The van der Waals surface area contributed by atoms with E-state index in [-0.39, 0.29) is 33.5 Å². The number of hydrogen-bond acceptors (Lipinski definition) is 4. The van der Waals surface area contributed by atoms with Crippen molar-refractivity contribution in [3.8, 4) is 0 Å². The van der Waals surface area contributed by atoms with Crippen molar-refractivity contribution < 1.29 is 17.9 Å². The topological polar surface area (TPSA) is 75.7 Å². The van der Waals surface area contributed by atoms with Crippen molar-refractivity contribution in [1.29, 1.82) is 0 Å². The smallest absolute Gasteiger partial charge is 0.252 e. The predicted molar refractivity (Wildman–Crippen MR) is 105 cm³/mol. The number of nitrogens with one attached hydrogen (secondary N) is 1. The van der Waals surface area contributed by atoms with E-state index in [0.717, 1.165) is 44.9 Å². The second kappa shape index (κ2) is 8.90. The van der Waals surface area contributed by atoms with Gasteiger partial charge in [0.05, 0.1) is 21.6 Å². The van der Waals surface area contributed by atoms with E-state index in [1.165, 1.54) is 22.5 Å². The van der Waals surface area contributed by atoms with Crippen LogP contribution in [0.15, 0.2) is 23.1 Å². The molecule has 1 aliphatic heterocycles. The molecule has 1 N–H and O–H groups in total. The molecule has 1 aromatic rings. The maximum absolute atomic E-state index is 13.0. The average molecular weight is 415 g/mol. The number of rotatable bonds is 6. The first-order valence-corrected chi connectivity index (χ1v) is 11.4. The van der Waals surface area contributed by atoms with Gasteiger partial charge in [0.2, 0.25) is 10.0 Å². The standard InChI is InChI=1S/C19H27ClN2O4S/c1-22(14-6-3-2-4-7-14)27(24,25)16-9-10-18(20)17(12-16)19(23)21-13-15-8-5-11-26-15/h9-10,12,14-15H,2-8,11,13H2,1H3,(H,21,23)/t15-/m0/s1. The third-order valence-electron chi connectivity index (χ3n) is 5.46. The number of carbonyl (C=O) groups is 1. The molecule has 2 aliphatic rings. The Kier molecular flexibility index (Phi) is 6.78. The van der Waals surface area contributed by atoms with E-state index in [0.29, 0.717) is 13.2 Å². The fourth-order valence-corrected chi connectivity index (χ4v) is 5.40. The highest BCUT2D eigenvalue weighted by molar-refractivity contribution is 7.89. The van der Waals surface area contributed by atoms with Crippen LogP contribution in [0.25, 0.3) is 0 Å². The van der Waals surface area contributed by atoms with Crippen LogP contribution in [-0.4, -0.2) is 51.0 Å². The van der Waals surface area contributed by atoms with Crippen LogP contribution in [0.5, 0.6) is 0 Å². The maximum Gasteiger partial charge on any atom is 0.252 e. The molecule has 0 radical (unpaired) electrons. The van der Waals surface area contributed by atoms with Crippen LogP contribution < -0.4 is 5.32 Å². The van der Waals surface area contributed by atoms with Crippen LogP contribution in [0, 0.1) is 0 Å². The third kappa shape index (κ3) is 4.83.